The molecule has 6 nitrogen and oxygen atoms in total. The monoisotopic (exact) mass is 319 g/mol. The summed E-state index contributed by atoms with van der Waals surface area (Å²) in [7, 11) is 1.71. The van der Waals surface area contributed by atoms with Crippen LogP contribution >= 0.6 is 0 Å². The molecule has 0 aliphatic rings. The van der Waals surface area contributed by atoms with E-state index in [0.29, 0.717) is 31.7 Å². The minimum Gasteiger partial charge on any atom is -0.377 e. The summed E-state index contributed by atoms with van der Waals surface area (Å²) < 4.78 is 5.54. The molecular formula is C17H25N3O3. The number of aliphatic imine (C=N–C) groups is 1. The van der Waals surface area contributed by atoms with Crippen LogP contribution in [0.3, 0.4) is 0 Å². The smallest absolute Gasteiger partial charge is 0.251 e. The zero-order chi connectivity index (χ0) is 17.1. The molecule has 0 saturated heterocycles. The van der Waals surface area contributed by atoms with E-state index in [0.717, 1.165) is 5.56 Å². The summed E-state index contributed by atoms with van der Waals surface area (Å²) in [5, 5.41) is 5.53. The highest BCUT2D eigenvalue weighted by Crippen LogP contribution is 2.03. The summed E-state index contributed by atoms with van der Waals surface area (Å²) in [5.41, 5.74) is 1.59. The summed E-state index contributed by atoms with van der Waals surface area (Å²) >= 11 is 0. The molecule has 126 valence electrons. The minimum atomic E-state index is -0.101. The van der Waals surface area contributed by atoms with Crippen LogP contribution in [0.5, 0.6) is 0 Å². The number of carbonyl (C=O) groups excluding carboxylic acids is 2. The number of hydrogen-bond donors (Lipinski definition) is 2. The quantitative estimate of drug-likeness (QED) is 0.533. The number of rotatable bonds is 9. The van der Waals surface area contributed by atoms with Gasteiger partial charge < -0.3 is 15.4 Å². The first-order valence-electron chi connectivity index (χ1n) is 7.69. The molecule has 0 spiro atoms. The van der Waals surface area contributed by atoms with Crippen molar-refractivity contribution in [2.24, 2.45) is 4.99 Å². The Bertz CT molecular complexity index is 526. The molecule has 0 aromatic heterocycles. The van der Waals surface area contributed by atoms with Crippen LogP contribution in [0.15, 0.2) is 29.3 Å². The van der Waals surface area contributed by atoms with Gasteiger partial charge in [0.1, 0.15) is 0 Å². The summed E-state index contributed by atoms with van der Waals surface area (Å²) in [5.74, 6) is -0.167. The summed E-state index contributed by atoms with van der Waals surface area (Å²) in [6.45, 7) is 4.92. The fourth-order valence-electron chi connectivity index (χ4n) is 1.93. The molecule has 1 aromatic rings. The first-order chi connectivity index (χ1) is 11.0. The molecule has 0 saturated carbocycles. The van der Waals surface area contributed by atoms with Gasteiger partial charge in [0.15, 0.2) is 0 Å². The maximum atomic E-state index is 12.0. The van der Waals surface area contributed by atoms with Crippen molar-refractivity contribution in [2.75, 3.05) is 26.7 Å². The third kappa shape index (κ3) is 8.11. The highest BCUT2D eigenvalue weighted by atomic mass is 16.5. The third-order valence-electron chi connectivity index (χ3n) is 3.17. The Balaban J connectivity index is 2.23. The number of benzene rings is 1. The highest BCUT2D eigenvalue weighted by molar-refractivity contribution is 5.95. The molecule has 2 amide bonds. The second-order valence-corrected chi connectivity index (χ2v) is 5.22. The van der Waals surface area contributed by atoms with Gasteiger partial charge in [-0.15, -0.1) is 0 Å². The lowest BCUT2D eigenvalue weighted by atomic mass is 10.1. The van der Waals surface area contributed by atoms with Crippen molar-refractivity contribution < 1.29 is 14.3 Å². The van der Waals surface area contributed by atoms with Crippen LogP contribution in [-0.2, 0) is 9.53 Å². The van der Waals surface area contributed by atoms with Crippen molar-refractivity contribution in [3.63, 3.8) is 0 Å². The third-order valence-corrected chi connectivity index (χ3v) is 3.17. The lowest BCUT2D eigenvalue weighted by molar-refractivity contribution is -0.119. The lowest BCUT2D eigenvalue weighted by Gasteiger charge is -2.13. The van der Waals surface area contributed by atoms with E-state index >= 15 is 0 Å². The van der Waals surface area contributed by atoms with Gasteiger partial charge >= 0.3 is 0 Å². The van der Waals surface area contributed by atoms with Gasteiger partial charge in [-0.05, 0) is 31.0 Å². The normalized spacial score (nSPS) is 12.1. The van der Waals surface area contributed by atoms with Crippen LogP contribution < -0.4 is 10.6 Å². The molecule has 1 atom stereocenters. The first kappa shape index (κ1) is 18.8. The Morgan fingerprint density at radius 2 is 1.91 bits per heavy atom. The molecule has 0 bridgehead atoms. The molecule has 0 aliphatic carbocycles. The van der Waals surface area contributed by atoms with Gasteiger partial charge in [-0.2, -0.15) is 0 Å². The van der Waals surface area contributed by atoms with Crippen molar-refractivity contribution in [1.82, 2.24) is 10.6 Å². The maximum absolute atomic E-state index is 12.0. The second kappa shape index (κ2) is 10.5. The van der Waals surface area contributed by atoms with Gasteiger partial charge in [-0.3, -0.25) is 14.6 Å². The average Bonchev–Trinajstić information content (AvgIpc) is 2.52. The molecule has 0 heterocycles. The van der Waals surface area contributed by atoms with Gasteiger partial charge in [-0.25, -0.2) is 0 Å². The molecule has 1 unspecified atom stereocenters. The van der Waals surface area contributed by atoms with Crippen LogP contribution in [0.2, 0.25) is 0 Å². The van der Waals surface area contributed by atoms with E-state index in [4.69, 9.17) is 4.74 Å². The molecular weight excluding hydrogens is 294 g/mol. The van der Waals surface area contributed by atoms with Crippen LogP contribution in [0, 0.1) is 0 Å². The fraction of sp³-hybridized carbons (Fsp3) is 0.471. The summed E-state index contributed by atoms with van der Waals surface area (Å²) in [6.07, 6.45) is 2.47. The maximum Gasteiger partial charge on any atom is 0.251 e. The topological polar surface area (TPSA) is 79.8 Å². The number of hydrogen-bond acceptors (Lipinski definition) is 4. The van der Waals surface area contributed by atoms with E-state index in [1.165, 1.54) is 6.92 Å². The van der Waals surface area contributed by atoms with Crippen LogP contribution in [0.25, 0.3) is 0 Å². The van der Waals surface area contributed by atoms with E-state index in [2.05, 4.69) is 15.6 Å². The van der Waals surface area contributed by atoms with Crippen molar-refractivity contribution in [3.05, 3.63) is 35.4 Å². The first-order valence-corrected chi connectivity index (χ1v) is 7.69. The number of ether oxygens (including phenoxy) is 1. The summed E-state index contributed by atoms with van der Waals surface area (Å²) in [6, 6.07) is 7.27. The predicted octanol–water partition coefficient (Wildman–Crippen LogP) is 1.40. The summed E-state index contributed by atoms with van der Waals surface area (Å²) in [4.78, 5) is 26.6. The van der Waals surface area contributed by atoms with E-state index < -0.39 is 0 Å². The largest absolute Gasteiger partial charge is 0.377 e. The number of nitrogens with zero attached hydrogens (tertiary/aromatic N) is 1. The molecule has 0 radical (unpaired) electrons. The van der Waals surface area contributed by atoms with Crippen LogP contribution in [0.4, 0.5) is 0 Å². The van der Waals surface area contributed by atoms with Crippen LogP contribution in [0.1, 0.15) is 36.2 Å². The Morgan fingerprint density at radius 1 is 1.22 bits per heavy atom. The Kier molecular flexibility index (Phi) is 8.60. The molecule has 23 heavy (non-hydrogen) atoms. The van der Waals surface area contributed by atoms with E-state index in [1.54, 1.807) is 25.4 Å². The molecule has 1 rings (SSSR count). The molecule has 0 aliphatic heterocycles. The van der Waals surface area contributed by atoms with Crippen LogP contribution in [-0.4, -0.2) is 50.9 Å². The predicted molar refractivity (Wildman–Crippen MR) is 91.0 cm³/mol. The van der Waals surface area contributed by atoms with E-state index in [-0.39, 0.29) is 17.9 Å². The Morgan fingerprint density at radius 3 is 2.52 bits per heavy atom. The highest BCUT2D eigenvalue weighted by Gasteiger charge is 2.07. The van der Waals surface area contributed by atoms with Gasteiger partial charge in [0.2, 0.25) is 5.91 Å². The van der Waals surface area contributed by atoms with Gasteiger partial charge in [0, 0.05) is 38.8 Å². The average molecular weight is 319 g/mol. The van der Waals surface area contributed by atoms with Crippen molar-refractivity contribution >= 4 is 18.0 Å². The number of nitrogens with one attached hydrogen (secondary N) is 2. The van der Waals surface area contributed by atoms with Crippen molar-refractivity contribution in [1.29, 1.82) is 0 Å². The van der Waals surface area contributed by atoms with Gasteiger partial charge in [-0.1, -0.05) is 12.1 Å². The van der Waals surface area contributed by atoms with Crippen molar-refractivity contribution in [2.45, 2.75) is 26.4 Å². The standard InChI is InChI=1S/C17H25N3O3/c1-13(23-11-10-19-14(2)21)8-9-20-17(22)16-6-4-15(5-7-16)12-18-3/h4-7,12-13H,8-11H2,1-3H3,(H,19,21)(H,20,22). The molecule has 1 aromatic carbocycles. The second-order valence-electron chi connectivity index (χ2n) is 5.22. The molecule has 2 N–H and O–H groups in total. The molecule has 6 heteroatoms. The minimum absolute atomic E-state index is 0.0206. The van der Waals surface area contributed by atoms with Gasteiger partial charge in [0.05, 0.1) is 12.7 Å². The zero-order valence-corrected chi connectivity index (χ0v) is 14.0. The number of carbonyl (C=O) groups is 2. The SMILES string of the molecule is CN=Cc1ccc(C(=O)NCCC(C)OCCNC(C)=O)cc1. The number of amides is 2. The van der Waals surface area contributed by atoms with E-state index in [1.807, 2.05) is 19.1 Å². The Labute approximate surface area is 137 Å². The fourth-order valence-corrected chi connectivity index (χ4v) is 1.93. The Hall–Kier alpha value is -2.21. The zero-order valence-electron chi connectivity index (χ0n) is 14.0. The lowest BCUT2D eigenvalue weighted by Crippen LogP contribution is -2.29. The van der Waals surface area contributed by atoms with Gasteiger partial charge in [0.25, 0.3) is 5.91 Å². The van der Waals surface area contributed by atoms with E-state index in [9.17, 15) is 9.59 Å². The van der Waals surface area contributed by atoms with Crippen molar-refractivity contribution in [3.8, 4) is 0 Å². The molecule has 0 fully saturated rings.